The molecule has 1 amide bonds. The maximum Gasteiger partial charge on any atom is 0.250 e. The molecule has 0 spiro atoms. The van der Waals surface area contributed by atoms with Gasteiger partial charge in [0.1, 0.15) is 0 Å². The first-order valence-corrected chi connectivity index (χ1v) is 5.15. The van der Waals surface area contributed by atoms with Crippen LogP contribution in [0.1, 0.15) is 15.9 Å². The van der Waals surface area contributed by atoms with Gasteiger partial charge in [-0.15, -0.1) is 0 Å². The van der Waals surface area contributed by atoms with Gasteiger partial charge in [0.25, 0.3) is 5.91 Å². The van der Waals surface area contributed by atoms with Gasteiger partial charge in [-0.2, -0.15) is 10.2 Å². The van der Waals surface area contributed by atoms with Crippen LogP contribution in [0.5, 0.6) is 0 Å². The van der Waals surface area contributed by atoms with E-state index in [4.69, 9.17) is 5.73 Å². The van der Waals surface area contributed by atoms with E-state index in [1.54, 1.807) is 24.5 Å². The highest BCUT2D eigenvalue weighted by Gasteiger charge is 2.06. The highest BCUT2D eigenvalue weighted by molar-refractivity contribution is 5.98. The monoisotopic (exact) mass is 228 g/mol. The summed E-state index contributed by atoms with van der Waals surface area (Å²) in [7, 11) is 0. The average molecular weight is 228 g/mol. The van der Waals surface area contributed by atoms with Gasteiger partial charge in [0.05, 0.1) is 11.8 Å². The van der Waals surface area contributed by atoms with E-state index in [1.807, 2.05) is 18.2 Å². The molecule has 0 aliphatic heterocycles. The van der Waals surface area contributed by atoms with Crippen LogP contribution in [-0.2, 0) is 6.54 Å². The lowest BCUT2D eigenvalue weighted by Gasteiger charge is -2.09. The van der Waals surface area contributed by atoms with Gasteiger partial charge in [0.2, 0.25) is 0 Å². The normalized spacial score (nSPS) is 9.88. The molecular formula is C12H12N4O. The topological polar surface area (TPSA) is 80.9 Å². The second-order valence-electron chi connectivity index (χ2n) is 3.51. The molecule has 0 aliphatic rings. The molecule has 0 atom stereocenters. The molecule has 0 unspecified atom stereocenters. The van der Waals surface area contributed by atoms with Crippen molar-refractivity contribution in [2.24, 2.45) is 5.73 Å². The number of aromatic nitrogens is 2. The number of rotatable bonds is 4. The lowest BCUT2D eigenvalue weighted by Crippen LogP contribution is -2.14. The fourth-order valence-corrected chi connectivity index (χ4v) is 1.47. The van der Waals surface area contributed by atoms with Gasteiger partial charge in [0, 0.05) is 18.4 Å². The Hall–Kier alpha value is -2.43. The Morgan fingerprint density at radius 2 is 2.06 bits per heavy atom. The van der Waals surface area contributed by atoms with E-state index in [9.17, 15) is 4.79 Å². The van der Waals surface area contributed by atoms with Crippen molar-refractivity contribution in [3.8, 4) is 0 Å². The lowest BCUT2D eigenvalue weighted by molar-refractivity contribution is 0.100. The van der Waals surface area contributed by atoms with Crippen molar-refractivity contribution in [3.63, 3.8) is 0 Å². The predicted molar refractivity (Wildman–Crippen MR) is 64.3 cm³/mol. The Morgan fingerprint density at radius 3 is 2.76 bits per heavy atom. The third-order valence-electron chi connectivity index (χ3n) is 2.32. The van der Waals surface area contributed by atoms with Gasteiger partial charge >= 0.3 is 0 Å². The summed E-state index contributed by atoms with van der Waals surface area (Å²) in [4.78, 5) is 11.2. The molecule has 5 nitrogen and oxygen atoms in total. The van der Waals surface area contributed by atoms with E-state index in [0.717, 1.165) is 11.3 Å². The second kappa shape index (κ2) is 5.07. The number of nitrogens with zero attached hydrogens (tertiary/aromatic N) is 2. The van der Waals surface area contributed by atoms with Crippen molar-refractivity contribution in [1.29, 1.82) is 0 Å². The van der Waals surface area contributed by atoms with E-state index in [0.29, 0.717) is 12.1 Å². The van der Waals surface area contributed by atoms with Crippen LogP contribution in [0.15, 0.2) is 42.7 Å². The molecule has 0 saturated heterocycles. The first-order valence-electron chi connectivity index (χ1n) is 5.15. The molecule has 1 aromatic heterocycles. The summed E-state index contributed by atoms with van der Waals surface area (Å²) in [5, 5.41) is 10.6. The Morgan fingerprint density at radius 1 is 1.24 bits per heavy atom. The zero-order valence-corrected chi connectivity index (χ0v) is 9.13. The van der Waals surface area contributed by atoms with Crippen LogP contribution in [0.25, 0.3) is 0 Å². The molecule has 0 aliphatic carbocycles. The van der Waals surface area contributed by atoms with Crippen LogP contribution in [0.4, 0.5) is 5.69 Å². The molecule has 0 bridgehead atoms. The smallest absolute Gasteiger partial charge is 0.250 e. The highest BCUT2D eigenvalue weighted by atomic mass is 16.1. The molecule has 0 fully saturated rings. The number of nitrogens with one attached hydrogen (secondary N) is 1. The molecule has 2 rings (SSSR count). The number of nitrogens with two attached hydrogens (primary N) is 1. The summed E-state index contributed by atoms with van der Waals surface area (Å²) >= 11 is 0. The van der Waals surface area contributed by atoms with Crippen molar-refractivity contribution in [3.05, 3.63) is 53.9 Å². The first kappa shape index (κ1) is 11.1. The minimum absolute atomic E-state index is 0.444. The van der Waals surface area contributed by atoms with Gasteiger partial charge in [-0.3, -0.25) is 4.79 Å². The Balaban J connectivity index is 2.12. The summed E-state index contributed by atoms with van der Waals surface area (Å²) in [6.07, 6.45) is 3.29. The molecular weight excluding hydrogens is 216 g/mol. The Kier molecular flexibility index (Phi) is 3.30. The number of para-hydroxylation sites is 1. The summed E-state index contributed by atoms with van der Waals surface area (Å²) < 4.78 is 0. The second-order valence-corrected chi connectivity index (χ2v) is 3.51. The standard InChI is InChI=1S/C12H12N4O/c13-12(17)10-3-1-2-4-11(10)14-7-9-5-6-15-16-8-9/h1-6,8,14H,7H2,(H2,13,17). The maximum absolute atomic E-state index is 11.2. The van der Waals surface area contributed by atoms with Crippen molar-refractivity contribution < 1.29 is 4.79 Å². The number of primary amides is 1. The predicted octanol–water partition coefficient (Wildman–Crippen LogP) is 1.19. The zero-order valence-electron chi connectivity index (χ0n) is 9.13. The largest absolute Gasteiger partial charge is 0.380 e. The van der Waals surface area contributed by atoms with Crippen LogP contribution in [0.2, 0.25) is 0 Å². The summed E-state index contributed by atoms with van der Waals surface area (Å²) in [6.45, 7) is 0.569. The van der Waals surface area contributed by atoms with Crippen LogP contribution < -0.4 is 11.1 Å². The number of amides is 1. The average Bonchev–Trinajstić information content (AvgIpc) is 2.38. The minimum Gasteiger partial charge on any atom is -0.380 e. The third kappa shape index (κ3) is 2.78. The number of hydrogen-bond donors (Lipinski definition) is 2. The highest BCUT2D eigenvalue weighted by Crippen LogP contribution is 2.15. The molecule has 0 saturated carbocycles. The summed E-state index contributed by atoms with van der Waals surface area (Å²) in [5.41, 5.74) is 7.47. The molecule has 5 heteroatoms. The summed E-state index contributed by atoms with van der Waals surface area (Å²) in [6, 6.07) is 8.98. The molecule has 3 N–H and O–H groups in total. The van der Waals surface area contributed by atoms with Crippen molar-refractivity contribution in [2.45, 2.75) is 6.54 Å². The minimum atomic E-state index is -0.444. The van der Waals surface area contributed by atoms with E-state index >= 15 is 0 Å². The fourth-order valence-electron chi connectivity index (χ4n) is 1.47. The lowest BCUT2D eigenvalue weighted by atomic mass is 10.1. The van der Waals surface area contributed by atoms with Crippen molar-refractivity contribution >= 4 is 11.6 Å². The number of hydrogen-bond acceptors (Lipinski definition) is 4. The Bertz CT molecular complexity index is 513. The van der Waals surface area contributed by atoms with E-state index in [-0.39, 0.29) is 0 Å². The first-order chi connectivity index (χ1) is 8.27. The van der Waals surface area contributed by atoms with Gasteiger partial charge in [-0.25, -0.2) is 0 Å². The van der Waals surface area contributed by atoms with Gasteiger partial charge in [-0.05, 0) is 23.8 Å². The number of carbonyl (C=O) groups excluding carboxylic acids is 1. The number of carbonyl (C=O) groups is 1. The molecule has 1 aromatic carbocycles. The van der Waals surface area contributed by atoms with Gasteiger partial charge in [0.15, 0.2) is 0 Å². The van der Waals surface area contributed by atoms with Gasteiger partial charge in [-0.1, -0.05) is 12.1 Å². The molecule has 86 valence electrons. The quantitative estimate of drug-likeness (QED) is 0.823. The number of anilines is 1. The van der Waals surface area contributed by atoms with Crippen LogP contribution in [0, 0.1) is 0 Å². The van der Waals surface area contributed by atoms with E-state index in [2.05, 4.69) is 15.5 Å². The van der Waals surface area contributed by atoms with Gasteiger partial charge < -0.3 is 11.1 Å². The molecule has 1 heterocycles. The summed E-state index contributed by atoms with van der Waals surface area (Å²) in [5.74, 6) is -0.444. The zero-order chi connectivity index (χ0) is 12.1. The van der Waals surface area contributed by atoms with Crippen LogP contribution in [0.3, 0.4) is 0 Å². The van der Waals surface area contributed by atoms with Crippen molar-refractivity contribution in [1.82, 2.24) is 10.2 Å². The van der Waals surface area contributed by atoms with E-state index < -0.39 is 5.91 Å². The maximum atomic E-state index is 11.2. The number of benzene rings is 1. The fraction of sp³-hybridized carbons (Fsp3) is 0.0833. The Labute approximate surface area is 98.7 Å². The molecule has 2 aromatic rings. The third-order valence-corrected chi connectivity index (χ3v) is 2.32. The SMILES string of the molecule is NC(=O)c1ccccc1NCc1ccnnc1. The molecule has 17 heavy (non-hydrogen) atoms. The van der Waals surface area contributed by atoms with Crippen LogP contribution in [-0.4, -0.2) is 16.1 Å². The van der Waals surface area contributed by atoms with Crippen LogP contribution >= 0.6 is 0 Å². The molecule has 0 radical (unpaired) electrons. The van der Waals surface area contributed by atoms with E-state index in [1.165, 1.54) is 0 Å². The van der Waals surface area contributed by atoms with Crippen molar-refractivity contribution in [2.75, 3.05) is 5.32 Å².